The fourth-order valence-electron chi connectivity index (χ4n) is 3.95. The number of thiophene rings is 1. The van der Waals surface area contributed by atoms with Crippen molar-refractivity contribution in [3.8, 4) is 11.8 Å². The standard InChI is InChI=1S/C17H17N3O2S/c1-8-6-9(2)20-16-12(8)13-14(23-16)17(4-5-21-10(17)3)11(7-18)15(19)22-13/h6,10-11,19H,4-5H2,1-3H3. The van der Waals surface area contributed by atoms with Crippen LogP contribution in [0.5, 0.6) is 5.75 Å². The molecule has 2 aliphatic rings. The predicted octanol–water partition coefficient (Wildman–Crippen LogP) is 3.47. The Morgan fingerprint density at radius 1 is 1.48 bits per heavy atom. The second-order valence-electron chi connectivity index (χ2n) is 6.35. The highest BCUT2D eigenvalue weighted by Crippen LogP contribution is 2.56. The van der Waals surface area contributed by atoms with Crippen molar-refractivity contribution in [1.29, 1.82) is 10.7 Å². The molecule has 0 aromatic carbocycles. The third kappa shape index (κ3) is 1.75. The number of hydrogen-bond acceptors (Lipinski definition) is 6. The van der Waals surface area contributed by atoms with E-state index in [1.165, 1.54) is 0 Å². The molecule has 4 heterocycles. The van der Waals surface area contributed by atoms with E-state index < -0.39 is 11.3 Å². The first-order chi connectivity index (χ1) is 11.0. The Morgan fingerprint density at radius 3 is 2.91 bits per heavy atom. The fourth-order valence-corrected chi connectivity index (χ4v) is 5.51. The van der Waals surface area contributed by atoms with E-state index in [-0.39, 0.29) is 12.0 Å². The minimum absolute atomic E-state index is 0.0250. The molecule has 0 bridgehead atoms. The van der Waals surface area contributed by atoms with Crippen molar-refractivity contribution in [3.05, 3.63) is 22.2 Å². The molecule has 0 radical (unpaired) electrons. The average Bonchev–Trinajstić information content (AvgIpc) is 3.02. The van der Waals surface area contributed by atoms with Gasteiger partial charge in [-0.2, -0.15) is 5.26 Å². The molecule has 2 aliphatic heterocycles. The SMILES string of the molecule is Cc1cc(C)c2c3c(sc2n1)C1(CCOC1C)C(C#N)C(=N)O3. The van der Waals surface area contributed by atoms with Gasteiger partial charge in [0.25, 0.3) is 0 Å². The Morgan fingerprint density at radius 2 is 2.26 bits per heavy atom. The molecule has 6 heteroatoms. The number of aromatic nitrogens is 1. The molecule has 1 fully saturated rings. The highest BCUT2D eigenvalue weighted by molar-refractivity contribution is 7.19. The van der Waals surface area contributed by atoms with Gasteiger partial charge in [-0.15, -0.1) is 11.3 Å². The maximum absolute atomic E-state index is 9.67. The summed E-state index contributed by atoms with van der Waals surface area (Å²) in [4.78, 5) is 6.57. The maximum atomic E-state index is 9.67. The molecule has 0 amide bonds. The summed E-state index contributed by atoms with van der Waals surface area (Å²) in [5.41, 5.74) is 1.56. The van der Waals surface area contributed by atoms with E-state index in [2.05, 4.69) is 11.1 Å². The van der Waals surface area contributed by atoms with Crippen LogP contribution in [0.3, 0.4) is 0 Å². The molecule has 3 unspecified atom stereocenters. The first kappa shape index (κ1) is 14.6. The van der Waals surface area contributed by atoms with E-state index in [0.717, 1.165) is 32.8 Å². The molecular weight excluding hydrogens is 310 g/mol. The van der Waals surface area contributed by atoms with Gasteiger partial charge in [-0.1, -0.05) is 0 Å². The summed E-state index contributed by atoms with van der Waals surface area (Å²) < 4.78 is 11.6. The van der Waals surface area contributed by atoms with E-state index in [0.29, 0.717) is 12.4 Å². The number of rotatable bonds is 0. The van der Waals surface area contributed by atoms with Crippen molar-refractivity contribution in [3.63, 3.8) is 0 Å². The minimum atomic E-state index is -0.609. The minimum Gasteiger partial charge on any atom is -0.440 e. The van der Waals surface area contributed by atoms with Crippen LogP contribution in [0.15, 0.2) is 6.07 Å². The van der Waals surface area contributed by atoms with Crippen LogP contribution >= 0.6 is 11.3 Å². The van der Waals surface area contributed by atoms with Crippen molar-refractivity contribution < 1.29 is 9.47 Å². The number of aryl methyl sites for hydroxylation is 2. The number of hydrogen-bond donors (Lipinski definition) is 1. The molecule has 2 aromatic rings. The van der Waals surface area contributed by atoms with Crippen LogP contribution < -0.4 is 4.74 Å². The zero-order valence-corrected chi connectivity index (χ0v) is 14.1. The van der Waals surface area contributed by atoms with E-state index in [9.17, 15) is 5.26 Å². The van der Waals surface area contributed by atoms with Crippen LogP contribution in [0.2, 0.25) is 0 Å². The zero-order chi connectivity index (χ0) is 16.4. The van der Waals surface area contributed by atoms with Gasteiger partial charge in [-0.25, -0.2) is 4.98 Å². The third-order valence-corrected chi connectivity index (χ3v) is 6.35. The summed E-state index contributed by atoms with van der Waals surface area (Å²) in [6, 6.07) is 4.31. The van der Waals surface area contributed by atoms with Crippen LogP contribution in [-0.4, -0.2) is 23.6 Å². The van der Waals surface area contributed by atoms with Crippen molar-refractivity contribution in [1.82, 2.24) is 4.98 Å². The van der Waals surface area contributed by atoms with Gasteiger partial charge in [0.1, 0.15) is 10.7 Å². The lowest BCUT2D eigenvalue weighted by Crippen LogP contribution is -2.48. The number of pyridine rings is 1. The quantitative estimate of drug-likeness (QED) is 0.803. The lowest BCUT2D eigenvalue weighted by atomic mass is 9.68. The lowest BCUT2D eigenvalue weighted by Gasteiger charge is -2.39. The first-order valence-electron chi connectivity index (χ1n) is 7.67. The summed E-state index contributed by atoms with van der Waals surface area (Å²) in [6.45, 7) is 6.61. The first-order valence-corrected chi connectivity index (χ1v) is 8.49. The Bertz CT molecular complexity index is 882. The molecule has 5 nitrogen and oxygen atoms in total. The molecule has 118 valence electrons. The molecule has 0 aliphatic carbocycles. The van der Waals surface area contributed by atoms with Crippen LogP contribution in [0.4, 0.5) is 0 Å². The summed E-state index contributed by atoms with van der Waals surface area (Å²) in [7, 11) is 0. The van der Waals surface area contributed by atoms with Gasteiger partial charge in [0, 0.05) is 12.3 Å². The number of ether oxygens (including phenoxy) is 2. The summed E-state index contributed by atoms with van der Waals surface area (Å²) in [5.74, 6) is 0.128. The lowest BCUT2D eigenvalue weighted by molar-refractivity contribution is 0.0846. The van der Waals surface area contributed by atoms with Gasteiger partial charge in [0.15, 0.2) is 5.75 Å². The second-order valence-corrected chi connectivity index (χ2v) is 7.35. The Kier molecular flexibility index (Phi) is 3.03. The zero-order valence-electron chi connectivity index (χ0n) is 13.3. The third-order valence-electron chi connectivity index (χ3n) is 5.09. The summed E-state index contributed by atoms with van der Waals surface area (Å²) in [5, 5.41) is 18.9. The van der Waals surface area contributed by atoms with Gasteiger partial charge in [0.2, 0.25) is 5.90 Å². The normalized spacial score (nSPS) is 29.6. The van der Waals surface area contributed by atoms with E-state index in [1.807, 2.05) is 26.8 Å². The van der Waals surface area contributed by atoms with Crippen LogP contribution in [0.25, 0.3) is 10.2 Å². The molecule has 2 aromatic heterocycles. The van der Waals surface area contributed by atoms with E-state index in [4.69, 9.17) is 14.9 Å². The maximum Gasteiger partial charge on any atom is 0.205 e. The van der Waals surface area contributed by atoms with Crippen molar-refractivity contribution in [2.24, 2.45) is 5.92 Å². The van der Waals surface area contributed by atoms with E-state index >= 15 is 0 Å². The fraction of sp³-hybridized carbons (Fsp3) is 0.471. The van der Waals surface area contributed by atoms with Crippen LogP contribution in [-0.2, 0) is 10.2 Å². The largest absolute Gasteiger partial charge is 0.440 e. The Balaban J connectivity index is 2.09. The van der Waals surface area contributed by atoms with Gasteiger partial charge < -0.3 is 9.47 Å². The highest BCUT2D eigenvalue weighted by atomic mass is 32.1. The van der Waals surface area contributed by atoms with Gasteiger partial charge in [-0.3, -0.25) is 5.41 Å². The highest BCUT2D eigenvalue weighted by Gasteiger charge is 2.57. The van der Waals surface area contributed by atoms with Crippen molar-refractivity contribution in [2.75, 3.05) is 6.61 Å². The molecule has 0 saturated carbocycles. The topological polar surface area (TPSA) is 79.0 Å². The van der Waals surface area contributed by atoms with Crippen molar-refractivity contribution in [2.45, 2.75) is 38.7 Å². The van der Waals surface area contributed by atoms with Crippen molar-refractivity contribution >= 4 is 27.5 Å². The van der Waals surface area contributed by atoms with Crippen LogP contribution in [0, 0.1) is 36.5 Å². The number of fused-ring (bicyclic) bond motifs is 4. The summed E-state index contributed by atoms with van der Waals surface area (Å²) >= 11 is 1.59. The molecule has 1 spiro atoms. The number of nitrogens with zero attached hydrogens (tertiary/aromatic N) is 2. The molecule has 1 N–H and O–H groups in total. The smallest absolute Gasteiger partial charge is 0.205 e. The monoisotopic (exact) mass is 327 g/mol. The molecule has 4 rings (SSSR count). The number of nitrogens with one attached hydrogen (secondary N) is 1. The predicted molar refractivity (Wildman–Crippen MR) is 88.3 cm³/mol. The van der Waals surface area contributed by atoms with E-state index in [1.54, 1.807) is 11.3 Å². The molecule has 1 saturated heterocycles. The van der Waals surface area contributed by atoms with Crippen LogP contribution in [0.1, 0.15) is 29.5 Å². The van der Waals surface area contributed by atoms with Gasteiger partial charge >= 0.3 is 0 Å². The molecule has 23 heavy (non-hydrogen) atoms. The van der Waals surface area contributed by atoms with Gasteiger partial charge in [-0.05, 0) is 38.8 Å². The Hall–Kier alpha value is -1.97. The molecule has 3 atom stereocenters. The second kappa shape index (κ2) is 4.76. The molecular formula is C17H17N3O2S. The number of nitriles is 1. The average molecular weight is 327 g/mol. The summed E-state index contributed by atoms with van der Waals surface area (Å²) in [6.07, 6.45) is 0.611. The Labute approximate surface area is 138 Å². The van der Waals surface area contributed by atoms with Gasteiger partial charge in [0.05, 0.1) is 27.9 Å².